The lowest BCUT2D eigenvalue weighted by Gasteiger charge is -2.13. The third kappa shape index (κ3) is 7.25. The van der Waals surface area contributed by atoms with E-state index in [0.717, 1.165) is 16.5 Å². The van der Waals surface area contributed by atoms with Crippen molar-refractivity contribution in [2.24, 2.45) is 0 Å². The first-order chi connectivity index (χ1) is 13.7. The first kappa shape index (κ1) is 23.6. The number of hydrogen-bond donors (Lipinski definition) is 3. The molecule has 0 aliphatic heterocycles. The normalized spacial score (nSPS) is 12.9. The quantitative estimate of drug-likeness (QED) is 0.305. The second-order valence-electron chi connectivity index (χ2n) is 6.46. The number of unbranched alkanes of at least 4 members (excludes halogenated alkanes) is 3. The van der Waals surface area contributed by atoms with Crippen LogP contribution in [0.15, 0.2) is 27.4 Å². The third-order valence-electron chi connectivity index (χ3n) is 4.12. The molecule has 0 unspecified atom stereocenters. The maximum atomic E-state index is 12.6. The molecule has 2 aromatic rings. The molecule has 1 heterocycles. The van der Waals surface area contributed by atoms with Gasteiger partial charge in [-0.15, -0.1) is 11.3 Å². The van der Waals surface area contributed by atoms with E-state index in [9.17, 15) is 23.1 Å². The smallest absolute Gasteiger partial charge is 0.321 e. The largest absolute Gasteiger partial charge is 0.481 e. The van der Waals surface area contributed by atoms with E-state index in [1.165, 1.54) is 42.7 Å². The lowest BCUT2D eigenvalue weighted by Crippen LogP contribution is -2.41. The van der Waals surface area contributed by atoms with Crippen molar-refractivity contribution < 1.29 is 28.2 Å². The van der Waals surface area contributed by atoms with E-state index in [1.807, 2.05) is 0 Å². The van der Waals surface area contributed by atoms with E-state index in [4.69, 9.17) is 5.11 Å². The fraction of sp³-hybridized carbons (Fsp3) is 0.500. The fourth-order valence-electron chi connectivity index (χ4n) is 2.56. The van der Waals surface area contributed by atoms with Crippen LogP contribution >= 0.6 is 23.1 Å². The predicted molar refractivity (Wildman–Crippen MR) is 113 cm³/mol. The van der Waals surface area contributed by atoms with E-state index in [1.54, 1.807) is 17.8 Å². The Bertz CT molecular complexity index is 958. The maximum Gasteiger partial charge on any atom is 0.321 e. The highest BCUT2D eigenvalue weighted by atomic mass is 32.2. The van der Waals surface area contributed by atoms with Crippen molar-refractivity contribution in [3.63, 3.8) is 0 Å². The highest BCUT2D eigenvalue weighted by Crippen LogP contribution is 2.31. The summed E-state index contributed by atoms with van der Waals surface area (Å²) in [6.07, 6.45) is 3.87. The van der Waals surface area contributed by atoms with Crippen molar-refractivity contribution in [1.82, 2.24) is 9.71 Å². The molecule has 160 valence electrons. The number of nitrogens with one attached hydrogen (secondary N) is 1. The van der Waals surface area contributed by atoms with E-state index >= 15 is 0 Å². The molecule has 0 fully saturated rings. The van der Waals surface area contributed by atoms with Crippen LogP contribution in [0.1, 0.15) is 45.4 Å². The minimum atomic E-state index is -4.11. The molecular weight excluding hydrogens is 436 g/mol. The summed E-state index contributed by atoms with van der Waals surface area (Å²) in [6, 6.07) is 2.92. The van der Waals surface area contributed by atoms with Crippen molar-refractivity contribution in [3.05, 3.63) is 18.2 Å². The summed E-state index contributed by atoms with van der Waals surface area (Å²) in [4.78, 5) is 26.4. The first-order valence-corrected chi connectivity index (χ1v) is 12.5. The van der Waals surface area contributed by atoms with E-state index in [2.05, 4.69) is 16.6 Å². The summed E-state index contributed by atoms with van der Waals surface area (Å²) in [5, 5.41) is 17.9. The average Bonchev–Trinajstić information content (AvgIpc) is 3.06. The molecule has 8 nitrogen and oxygen atoms in total. The fourth-order valence-corrected chi connectivity index (χ4v) is 6.06. The van der Waals surface area contributed by atoms with E-state index < -0.39 is 34.4 Å². The van der Waals surface area contributed by atoms with Gasteiger partial charge in [0.2, 0.25) is 10.0 Å². The van der Waals surface area contributed by atoms with Gasteiger partial charge in [0, 0.05) is 12.2 Å². The van der Waals surface area contributed by atoms with Gasteiger partial charge in [0.25, 0.3) is 0 Å². The van der Waals surface area contributed by atoms with Gasteiger partial charge < -0.3 is 10.2 Å². The van der Waals surface area contributed by atoms with Crippen LogP contribution in [0.2, 0.25) is 0 Å². The molecule has 0 saturated carbocycles. The van der Waals surface area contributed by atoms with Gasteiger partial charge >= 0.3 is 11.9 Å². The summed E-state index contributed by atoms with van der Waals surface area (Å²) in [5.41, 5.74) is 0.686. The Morgan fingerprint density at radius 1 is 1.24 bits per heavy atom. The SMILES string of the molecule is CCCCCCSc1nc2ccc(S(=O)(=O)N[C@H](CCC(=O)O)C(=O)O)cc2s1. The summed E-state index contributed by atoms with van der Waals surface area (Å²) in [7, 11) is -4.11. The zero-order valence-corrected chi connectivity index (χ0v) is 18.4. The number of sulfonamides is 1. The lowest BCUT2D eigenvalue weighted by molar-refractivity contribution is -0.140. The maximum absolute atomic E-state index is 12.6. The van der Waals surface area contributed by atoms with Crippen LogP contribution in [0.4, 0.5) is 0 Å². The summed E-state index contributed by atoms with van der Waals surface area (Å²) >= 11 is 3.04. The number of carboxylic acid groups (broad SMARTS) is 2. The van der Waals surface area contributed by atoms with Crippen molar-refractivity contribution in [2.45, 2.75) is 60.7 Å². The molecule has 3 N–H and O–H groups in total. The van der Waals surface area contributed by atoms with Gasteiger partial charge in [-0.1, -0.05) is 37.9 Å². The number of rotatable bonds is 13. The molecule has 0 spiro atoms. The molecule has 0 aliphatic carbocycles. The molecule has 29 heavy (non-hydrogen) atoms. The van der Waals surface area contributed by atoms with Gasteiger partial charge in [-0.3, -0.25) is 9.59 Å². The predicted octanol–water partition coefficient (Wildman–Crippen LogP) is 3.57. The standard InChI is InChI=1S/C18H24N2O6S3/c1-2-3-4-5-10-27-18-19-13-7-6-12(11-15(13)28-18)29(25,26)20-14(17(23)24)8-9-16(21)22/h6-7,11,14,20H,2-5,8-10H2,1H3,(H,21,22)(H,23,24)/t14-/m1/s1. The van der Waals surface area contributed by atoms with Gasteiger partial charge in [0.1, 0.15) is 6.04 Å². The Labute approximate surface area is 177 Å². The number of aliphatic carboxylic acids is 2. The van der Waals surface area contributed by atoms with Gasteiger partial charge in [-0.05, 0) is 31.0 Å². The van der Waals surface area contributed by atoms with Crippen LogP contribution in [-0.4, -0.2) is 47.3 Å². The molecular formula is C18H24N2O6S3. The van der Waals surface area contributed by atoms with Crippen LogP contribution in [0, 0.1) is 0 Å². The Hall–Kier alpha value is -1.69. The van der Waals surface area contributed by atoms with Gasteiger partial charge in [0.05, 0.1) is 15.1 Å². The molecule has 11 heteroatoms. The number of carbonyl (C=O) groups is 2. The van der Waals surface area contributed by atoms with Crippen LogP contribution in [-0.2, 0) is 19.6 Å². The molecule has 1 aromatic heterocycles. The molecule has 1 atom stereocenters. The molecule has 0 bridgehead atoms. The van der Waals surface area contributed by atoms with Crippen molar-refractivity contribution >= 4 is 55.3 Å². The number of fused-ring (bicyclic) bond motifs is 1. The van der Waals surface area contributed by atoms with Crippen molar-refractivity contribution in [1.29, 1.82) is 0 Å². The Kier molecular flexibility index (Phi) is 8.87. The Morgan fingerprint density at radius 3 is 2.66 bits per heavy atom. The first-order valence-electron chi connectivity index (χ1n) is 9.23. The zero-order valence-electron chi connectivity index (χ0n) is 16.0. The van der Waals surface area contributed by atoms with Crippen molar-refractivity contribution in [2.75, 3.05) is 5.75 Å². The average molecular weight is 461 g/mol. The highest BCUT2D eigenvalue weighted by Gasteiger charge is 2.26. The number of aromatic nitrogens is 1. The number of nitrogens with zero attached hydrogens (tertiary/aromatic N) is 1. The minimum Gasteiger partial charge on any atom is -0.481 e. The van der Waals surface area contributed by atoms with Gasteiger partial charge in [-0.25, -0.2) is 13.4 Å². The summed E-state index contributed by atoms with van der Waals surface area (Å²) in [6.45, 7) is 2.16. The van der Waals surface area contributed by atoms with Gasteiger partial charge in [-0.2, -0.15) is 4.72 Å². The molecule has 0 saturated heterocycles. The molecule has 0 amide bonds. The summed E-state index contributed by atoms with van der Waals surface area (Å²) in [5.74, 6) is -1.66. The number of benzene rings is 1. The minimum absolute atomic E-state index is 0.0743. The monoisotopic (exact) mass is 460 g/mol. The number of thioether (sulfide) groups is 1. The molecule has 1 aromatic carbocycles. The Morgan fingerprint density at radius 2 is 2.00 bits per heavy atom. The molecule has 0 aliphatic rings. The number of hydrogen-bond acceptors (Lipinski definition) is 7. The van der Waals surface area contributed by atoms with Gasteiger partial charge in [0.15, 0.2) is 4.34 Å². The second-order valence-corrected chi connectivity index (χ2v) is 10.5. The lowest BCUT2D eigenvalue weighted by atomic mass is 10.2. The number of thiazole rings is 1. The Balaban J connectivity index is 2.10. The molecule has 2 rings (SSSR count). The van der Waals surface area contributed by atoms with Crippen LogP contribution in [0.25, 0.3) is 10.2 Å². The molecule has 0 radical (unpaired) electrons. The van der Waals surface area contributed by atoms with Crippen molar-refractivity contribution in [3.8, 4) is 0 Å². The van der Waals surface area contributed by atoms with E-state index in [-0.39, 0.29) is 11.3 Å². The van der Waals surface area contributed by atoms with Crippen LogP contribution in [0.5, 0.6) is 0 Å². The summed E-state index contributed by atoms with van der Waals surface area (Å²) < 4.78 is 28.8. The second kappa shape index (κ2) is 10.9. The topological polar surface area (TPSA) is 134 Å². The van der Waals surface area contributed by atoms with Crippen LogP contribution in [0.3, 0.4) is 0 Å². The zero-order chi connectivity index (χ0) is 21.4. The number of carboxylic acids is 2. The van der Waals surface area contributed by atoms with Crippen LogP contribution < -0.4 is 4.72 Å². The van der Waals surface area contributed by atoms with E-state index in [0.29, 0.717) is 10.2 Å². The highest BCUT2D eigenvalue weighted by molar-refractivity contribution is 8.01. The third-order valence-corrected chi connectivity index (χ3v) is 7.83.